The van der Waals surface area contributed by atoms with Crippen molar-refractivity contribution < 1.29 is 19.1 Å². The molecule has 1 aliphatic heterocycles. The largest absolute Gasteiger partial charge is 0.372 e. The molecule has 0 aromatic heterocycles. The molecule has 4 heteroatoms. The van der Waals surface area contributed by atoms with Crippen molar-refractivity contribution in [2.45, 2.75) is 31.5 Å². The first-order valence-corrected chi connectivity index (χ1v) is 4.33. The Labute approximate surface area is 77.2 Å². The Bertz CT molecular complexity index is 176. The molecule has 0 saturated carbocycles. The van der Waals surface area contributed by atoms with Crippen LogP contribution < -0.4 is 0 Å². The summed E-state index contributed by atoms with van der Waals surface area (Å²) in [6, 6.07) is 0. The zero-order valence-electron chi connectivity index (χ0n) is 7.69. The zero-order chi connectivity index (χ0) is 9.73. The highest BCUT2D eigenvalue weighted by atomic mass is 16.6. The predicted octanol–water partition coefficient (Wildman–Crippen LogP) is 0.338. The van der Waals surface area contributed by atoms with E-state index >= 15 is 0 Å². The summed E-state index contributed by atoms with van der Waals surface area (Å²) in [6.45, 7) is 2.95. The van der Waals surface area contributed by atoms with Gasteiger partial charge >= 0.3 is 0 Å². The second-order valence-electron chi connectivity index (χ2n) is 3.46. The van der Waals surface area contributed by atoms with E-state index in [1.807, 2.05) is 0 Å². The first-order valence-electron chi connectivity index (χ1n) is 4.33. The number of rotatable bonds is 7. The van der Waals surface area contributed by atoms with Gasteiger partial charge in [0, 0.05) is 12.8 Å². The van der Waals surface area contributed by atoms with Gasteiger partial charge in [-0.15, -0.1) is 0 Å². The van der Waals surface area contributed by atoms with E-state index in [0.717, 1.165) is 19.2 Å². The number of aldehydes is 2. The minimum absolute atomic E-state index is 0.164. The molecule has 1 unspecified atom stereocenters. The van der Waals surface area contributed by atoms with Gasteiger partial charge in [0.15, 0.2) is 0 Å². The average molecular weight is 186 g/mol. The molecule has 1 saturated heterocycles. The maximum Gasteiger partial charge on any atom is 0.122 e. The Morgan fingerprint density at radius 1 is 1.46 bits per heavy atom. The molecular formula is C9H14O4. The zero-order valence-corrected chi connectivity index (χ0v) is 7.69. The summed E-state index contributed by atoms with van der Waals surface area (Å²) >= 11 is 0. The van der Waals surface area contributed by atoms with Crippen LogP contribution in [0.15, 0.2) is 0 Å². The predicted molar refractivity (Wildman–Crippen MR) is 45.5 cm³/mol. The monoisotopic (exact) mass is 186 g/mol. The lowest BCUT2D eigenvalue weighted by atomic mass is 9.99. The van der Waals surface area contributed by atoms with Crippen molar-refractivity contribution in [3.05, 3.63) is 0 Å². The third kappa shape index (κ3) is 3.65. The summed E-state index contributed by atoms with van der Waals surface area (Å²) in [4.78, 5) is 20.7. The van der Waals surface area contributed by atoms with Gasteiger partial charge in [0.1, 0.15) is 18.7 Å². The van der Waals surface area contributed by atoms with Crippen LogP contribution in [-0.4, -0.2) is 37.5 Å². The molecule has 4 nitrogen and oxygen atoms in total. The number of hydrogen-bond donors (Lipinski definition) is 0. The number of carbonyl (C=O) groups excluding carboxylic acids is 2. The molecule has 1 fully saturated rings. The van der Waals surface area contributed by atoms with Crippen molar-refractivity contribution in [2.75, 3.05) is 13.2 Å². The molecule has 1 rings (SSSR count). The van der Waals surface area contributed by atoms with Gasteiger partial charge in [0.25, 0.3) is 0 Å². The number of ether oxygens (including phenoxy) is 2. The Morgan fingerprint density at radius 2 is 2.00 bits per heavy atom. The third-order valence-electron chi connectivity index (χ3n) is 2.05. The van der Waals surface area contributed by atoms with Crippen LogP contribution in [0.2, 0.25) is 0 Å². The van der Waals surface area contributed by atoms with Crippen LogP contribution in [0.4, 0.5) is 0 Å². The fourth-order valence-corrected chi connectivity index (χ4v) is 1.01. The van der Waals surface area contributed by atoms with Gasteiger partial charge in [-0.25, -0.2) is 0 Å². The minimum atomic E-state index is -0.643. The Kier molecular flexibility index (Phi) is 3.57. The molecule has 0 spiro atoms. The molecule has 74 valence electrons. The van der Waals surface area contributed by atoms with Gasteiger partial charge < -0.3 is 19.1 Å². The van der Waals surface area contributed by atoms with Gasteiger partial charge in [-0.1, -0.05) is 0 Å². The molecule has 0 amide bonds. The average Bonchev–Trinajstić information content (AvgIpc) is 2.85. The second-order valence-corrected chi connectivity index (χ2v) is 3.46. The van der Waals surface area contributed by atoms with Crippen LogP contribution in [0, 0.1) is 0 Å². The van der Waals surface area contributed by atoms with Gasteiger partial charge in [-0.3, -0.25) is 0 Å². The fraction of sp³-hybridized carbons (Fsp3) is 0.778. The van der Waals surface area contributed by atoms with Crippen LogP contribution in [-0.2, 0) is 19.1 Å². The van der Waals surface area contributed by atoms with E-state index in [1.165, 1.54) is 0 Å². The SMILES string of the molecule is CC(CC=O)(CC=O)OCC1CO1. The molecular weight excluding hydrogens is 172 g/mol. The molecule has 0 radical (unpaired) electrons. The summed E-state index contributed by atoms with van der Waals surface area (Å²) in [5.41, 5.74) is -0.643. The van der Waals surface area contributed by atoms with Crippen LogP contribution in [0.25, 0.3) is 0 Å². The molecule has 0 aromatic carbocycles. The van der Waals surface area contributed by atoms with Crippen molar-refractivity contribution >= 4 is 12.6 Å². The standard InChI is InChI=1S/C9H14O4/c1-9(2-4-10,3-5-11)13-7-8-6-12-8/h4-5,8H,2-3,6-7H2,1H3. The van der Waals surface area contributed by atoms with Gasteiger partial charge in [-0.05, 0) is 6.92 Å². The van der Waals surface area contributed by atoms with E-state index in [9.17, 15) is 9.59 Å². The lowest BCUT2D eigenvalue weighted by Crippen LogP contribution is -2.31. The van der Waals surface area contributed by atoms with Gasteiger partial charge in [0.2, 0.25) is 0 Å². The number of epoxide rings is 1. The van der Waals surface area contributed by atoms with Crippen LogP contribution in [0.5, 0.6) is 0 Å². The topological polar surface area (TPSA) is 55.9 Å². The quantitative estimate of drug-likeness (QED) is 0.425. The van der Waals surface area contributed by atoms with E-state index in [1.54, 1.807) is 6.92 Å². The number of hydrogen-bond acceptors (Lipinski definition) is 4. The third-order valence-corrected chi connectivity index (χ3v) is 2.05. The Hall–Kier alpha value is -0.740. The second kappa shape index (κ2) is 4.48. The normalized spacial score (nSPS) is 21.2. The molecule has 1 aliphatic rings. The maximum atomic E-state index is 10.3. The fourth-order valence-electron chi connectivity index (χ4n) is 1.01. The summed E-state index contributed by atoms with van der Waals surface area (Å²) < 4.78 is 10.4. The van der Waals surface area contributed by atoms with Crippen molar-refractivity contribution in [1.82, 2.24) is 0 Å². The van der Waals surface area contributed by atoms with Gasteiger partial charge in [-0.2, -0.15) is 0 Å². The molecule has 0 aromatic rings. The first-order chi connectivity index (χ1) is 6.20. The van der Waals surface area contributed by atoms with Crippen LogP contribution in [0.3, 0.4) is 0 Å². The summed E-state index contributed by atoms with van der Waals surface area (Å²) in [5, 5.41) is 0. The number of carbonyl (C=O) groups is 2. The molecule has 1 atom stereocenters. The Morgan fingerprint density at radius 3 is 2.38 bits per heavy atom. The van der Waals surface area contributed by atoms with E-state index in [0.29, 0.717) is 6.61 Å². The molecule has 13 heavy (non-hydrogen) atoms. The van der Waals surface area contributed by atoms with Crippen molar-refractivity contribution in [2.24, 2.45) is 0 Å². The molecule has 0 aliphatic carbocycles. The highest BCUT2D eigenvalue weighted by Crippen LogP contribution is 2.20. The van der Waals surface area contributed by atoms with Crippen molar-refractivity contribution in [1.29, 1.82) is 0 Å². The lowest BCUT2D eigenvalue weighted by Gasteiger charge is -2.25. The van der Waals surface area contributed by atoms with Crippen LogP contribution >= 0.6 is 0 Å². The van der Waals surface area contributed by atoms with E-state index < -0.39 is 5.60 Å². The maximum absolute atomic E-state index is 10.3. The molecule has 1 heterocycles. The van der Waals surface area contributed by atoms with Crippen molar-refractivity contribution in [3.63, 3.8) is 0 Å². The lowest BCUT2D eigenvalue weighted by molar-refractivity contribution is -0.121. The van der Waals surface area contributed by atoms with E-state index in [-0.39, 0.29) is 18.9 Å². The van der Waals surface area contributed by atoms with E-state index in [4.69, 9.17) is 9.47 Å². The molecule has 0 bridgehead atoms. The Balaban J connectivity index is 2.32. The minimum Gasteiger partial charge on any atom is -0.372 e. The van der Waals surface area contributed by atoms with Crippen LogP contribution in [0.1, 0.15) is 19.8 Å². The van der Waals surface area contributed by atoms with Crippen molar-refractivity contribution in [3.8, 4) is 0 Å². The first kappa shape index (κ1) is 10.3. The summed E-state index contributed by atoms with van der Waals surface area (Å²) in [6.07, 6.45) is 2.21. The molecule has 0 N–H and O–H groups in total. The highest BCUT2D eigenvalue weighted by molar-refractivity contribution is 5.56. The van der Waals surface area contributed by atoms with Gasteiger partial charge in [0.05, 0.1) is 18.8 Å². The smallest absolute Gasteiger partial charge is 0.122 e. The van der Waals surface area contributed by atoms with E-state index in [2.05, 4.69) is 0 Å². The highest BCUT2D eigenvalue weighted by Gasteiger charge is 2.29. The summed E-state index contributed by atoms with van der Waals surface area (Å²) in [7, 11) is 0. The summed E-state index contributed by atoms with van der Waals surface area (Å²) in [5.74, 6) is 0.